The molecule has 3 rings (SSSR count). The normalized spacial score (nSPS) is 11.2. The zero-order valence-electron chi connectivity index (χ0n) is 19.9. The standard InChI is InChI=1S/C26H33N5O/c1-7-31(8-2)24-17-23(27-18(3)28-24)29-21-13-15-22(16-14-21)30-25(32)19-9-11-20(12-10-19)26(4,5)6/h9-17H,7-8H2,1-6H3,(H,30,32)(H,27,28,29). The molecule has 0 atom stereocenters. The highest BCUT2D eigenvalue weighted by atomic mass is 16.1. The molecule has 0 unspecified atom stereocenters. The van der Waals surface area contributed by atoms with Crippen LogP contribution in [0.2, 0.25) is 0 Å². The number of carbonyl (C=O) groups excluding carboxylic acids is 1. The summed E-state index contributed by atoms with van der Waals surface area (Å²) in [5.41, 5.74) is 3.53. The predicted molar refractivity (Wildman–Crippen MR) is 133 cm³/mol. The second-order valence-electron chi connectivity index (χ2n) is 8.81. The number of anilines is 4. The van der Waals surface area contributed by atoms with Crippen molar-refractivity contribution in [1.82, 2.24) is 9.97 Å². The molecule has 0 bridgehead atoms. The largest absolute Gasteiger partial charge is 0.357 e. The van der Waals surface area contributed by atoms with Crippen LogP contribution in [0.1, 0.15) is 56.4 Å². The van der Waals surface area contributed by atoms with Crippen LogP contribution < -0.4 is 15.5 Å². The Balaban J connectivity index is 1.67. The summed E-state index contributed by atoms with van der Waals surface area (Å²) in [6.45, 7) is 14.4. The number of nitrogens with one attached hydrogen (secondary N) is 2. The van der Waals surface area contributed by atoms with Crippen molar-refractivity contribution in [1.29, 1.82) is 0 Å². The Labute approximate surface area is 191 Å². The van der Waals surface area contributed by atoms with Crippen LogP contribution in [0.25, 0.3) is 0 Å². The van der Waals surface area contributed by atoms with E-state index in [1.807, 2.05) is 61.5 Å². The van der Waals surface area contributed by atoms with Gasteiger partial charge < -0.3 is 15.5 Å². The van der Waals surface area contributed by atoms with Crippen LogP contribution in [0, 0.1) is 6.92 Å². The van der Waals surface area contributed by atoms with E-state index < -0.39 is 0 Å². The minimum absolute atomic E-state index is 0.0617. The van der Waals surface area contributed by atoms with Crippen molar-refractivity contribution in [2.75, 3.05) is 28.6 Å². The number of benzene rings is 2. The summed E-state index contributed by atoms with van der Waals surface area (Å²) in [5, 5.41) is 6.29. The van der Waals surface area contributed by atoms with Crippen molar-refractivity contribution in [2.45, 2.75) is 47.0 Å². The molecule has 3 aromatic rings. The monoisotopic (exact) mass is 431 g/mol. The van der Waals surface area contributed by atoms with Crippen molar-refractivity contribution in [2.24, 2.45) is 0 Å². The van der Waals surface area contributed by atoms with E-state index >= 15 is 0 Å². The van der Waals surface area contributed by atoms with E-state index in [4.69, 9.17) is 0 Å². The zero-order chi connectivity index (χ0) is 23.3. The van der Waals surface area contributed by atoms with Gasteiger partial charge in [-0.3, -0.25) is 4.79 Å². The Bertz CT molecular complexity index is 1050. The Kier molecular flexibility index (Phi) is 7.13. The number of aryl methyl sites for hydroxylation is 1. The van der Waals surface area contributed by atoms with Gasteiger partial charge in [0.25, 0.3) is 5.91 Å². The molecule has 1 heterocycles. The van der Waals surface area contributed by atoms with E-state index in [2.05, 4.69) is 60.1 Å². The molecule has 6 nitrogen and oxygen atoms in total. The first-order valence-electron chi connectivity index (χ1n) is 11.1. The summed E-state index contributed by atoms with van der Waals surface area (Å²) in [4.78, 5) is 23.8. The van der Waals surface area contributed by atoms with Crippen LogP contribution >= 0.6 is 0 Å². The van der Waals surface area contributed by atoms with Crippen LogP contribution in [-0.4, -0.2) is 29.0 Å². The van der Waals surface area contributed by atoms with E-state index in [0.717, 1.165) is 41.9 Å². The van der Waals surface area contributed by atoms with Crippen LogP contribution in [-0.2, 0) is 5.41 Å². The second kappa shape index (κ2) is 9.81. The highest BCUT2D eigenvalue weighted by molar-refractivity contribution is 6.04. The van der Waals surface area contributed by atoms with Gasteiger partial charge in [0, 0.05) is 36.1 Å². The molecule has 2 aromatic carbocycles. The highest BCUT2D eigenvalue weighted by Crippen LogP contribution is 2.24. The Morgan fingerprint density at radius 3 is 2.06 bits per heavy atom. The van der Waals surface area contributed by atoms with Gasteiger partial charge in [-0.2, -0.15) is 0 Å². The van der Waals surface area contributed by atoms with Gasteiger partial charge in [0.15, 0.2) is 0 Å². The number of hydrogen-bond donors (Lipinski definition) is 2. The van der Waals surface area contributed by atoms with Gasteiger partial charge in [0.1, 0.15) is 17.5 Å². The van der Waals surface area contributed by atoms with Gasteiger partial charge >= 0.3 is 0 Å². The minimum atomic E-state index is -0.124. The molecule has 0 fully saturated rings. The third-order valence-electron chi connectivity index (χ3n) is 5.34. The van der Waals surface area contributed by atoms with Gasteiger partial charge in [-0.1, -0.05) is 32.9 Å². The molecule has 0 aliphatic rings. The van der Waals surface area contributed by atoms with Crippen molar-refractivity contribution >= 4 is 28.9 Å². The third kappa shape index (κ3) is 5.84. The molecule has 0 spiro atoms. The molecular weight excluding hydrogens is 398 g/mol. The number of nitrogens with zero attached hydrogens (tertiary/aromatic N) is 3. The lowest BCUT2D eigenvalue weighted by Crippen LogP contribution is -2.23. The summed E-state index contributed by atoms with van der Waals surface area (Å²) in [5.74, 6) is 2.25. The van der Waals surface area contributed by atoms with Gasteiger partial charge in [0.2, 0.25) is 0 Å². The average Bonchev–Trinajstić information content (AvgIpc) is 2.75. The molecule has 0 aliphatic carbocycles. The molecule has 0 aliphatic heterocycles. The second-order valence-corrected chi connectivity index (χ2v) is 8.81. The highest BCUT2D eigenvalue weighted by Gasteiger charge is 2.14. The Morgan fingerprint density at radius 2 is 1.50 bits per heavy atom. The Morgan fingerprint density at radius 1 is 0.906 bits per heavy atom. The lowest BCUT2D eigenvalue weighted by Gasteiger charge is -2.20. The Hall–Kier alpha value is -3.41. The molecule has 6 heteroatoms. The van der Waals surface area contributed by atoms with E-state index in [-0.39, 0.29) is 11.3 Å². The summed E-state index contributed by atoms with van der Waals surface area (Å²) in [6, 6.07) is 17.3. The maximum Gasteiger partial charge on any atom is 0.255 e. The number of rotatable bonds is 7. The number of amides is 1. The summed E-state index contributed by atoms with van der Waals surface area (Å²) in [6.07, 6.45) is 0. The van der Waals surface area contributed by atoms with Crippen molar-refractivity contribution in [3.8, 4) is 0 Å². The molecule has 1 aromatic heterocycles. The predicted octanol–water partition coefficient (Wildman–Crippen LogP) is 5.92. The molecule has 0 radical (unpaired) electrons. The van der Waals surface area contributed by atoms with Crippen LogP contribution in [0.3, 0.4) is 0 Å². The zero-order valence-corrected chi connectivity index (χ0v) is 19.9. The fourth-order valence-electron chi connectivity index (χ4n) is 3.44. The quantitative estimate of drug-likeness (QED) is 0.485. The van der Waals surface area contributed by atoms with Gasteiger partial charge in [-0.25, -0.2) is 9.97 Å². The molecule has 32 heavy (non-hydrogen) atoms. The van der Waals surface area contributed by atoms with Crippen molar-refractivity contribution in [3.05, 3.63) is 71.5 Å². The first-order chi connectivity index (χ1) is 15.2. The van der Waals surface area contributed by atoms with Gasteiger partial charge in [-0.05, 0) is 68.1 Å². The third-order valence-corrected chi connectivity index (χ3v) is 5.34. The summed E-state index contributed by atoms with van der Waals surface area (Å²) >= 11 is 0. The lowest BCUT2D eigenvalue weighted by molar-refractivity contribution is 0.102. The first-order valence-corrected chi connectivity index (χ1v) is 11.1. The summed E-state index contributed by atoms with van der Waals surface area (Å²) < 4.78 is 0. The first kappa shape index (κ1) is 23.3. The van der Waals surface area contributed by atoms with E-state index in [9.17, 15) is 4.79 Å². The number of hydrogen-bond acceptors (Lipinski definition) is 5. The molecule has 0 saturated carbocycles. The lowest BCUT2D eigenvalue weighted by atomic mass is 9.87. The fourth-order valence-corrected chi connectivity index (χ4v) is 3.44. The molecule has 0 saturated heterocycles. The molecule has 168 valence electrons. The van der Waals surface area contributed by atoms with Crippen molar-refractivity contribution < 1.29 is 4.79 Å². The van der Waals surface area contributed by atoms with E-state index in [1.54, 1.807) is 0 Å². The number of aromatic nitrogens is 2. The van der Waals surface area contributed by atoms with Crippen LogP contribution in [0.4, 0.5) is 23.0 Å². The summed E-state index contributed by atoms with van der Waals surface area (Å²) in [7, 11) is 0. The molecule has 1 amide bonds. The van der Waals surface area contributed by atoms with E-state index in [1.165, 1.54) is 5.56 Å². The smallest absolute Gasteiger partial charge is 0.255 e. The topological polar surface area (TPSA) is 70.2 Å². The van der Waals surface area contributed by atoms with Crippen molar-refractivity contribution in [3.63, 3.8) is 0 Å². The minimum Gasteiger partial charge on any atom is -0.357 e. The van der Waals surface area contributed by atoms with E-state index in [0.29, 0.717) is 5.56 Å². The van der Waals surface area contributed by atoms with Crippen LogP contribution in [0.5, 0.6) is 0 Å². The maximum atomic E-state index is 12.6. The maximum absolute atomic E-state index is 12.6. The van der Waals surface area contributed by atoms with Gasteiger partial charge in [-0.15, -0.1) is 0 Å². The SMILES string of the molecule is CCN(CC)c1cc(Nc2ccc(NC(=O)c3ccc(C(C)(C)C)cc3)cc2)nc(C)n1. The van der Waals surface area contributed by atoms with Gasteiger partial charge in [0.05, 0.1) is 0 Å². The molecular formula is C26H33N5O. The number of carbonyl (C=O) groups is 1. The average molecular weight is 432 g/mol. The van der Waals surface area contributed by atoms with Crippen LogP contribution in [0.15, 0.2) is 54.6 Å². The fraction of sp³-hybridized carbons (Fsp3) is 0.346. The molecule has 2 N–H and O–H groups in total.